The topological polar surface area (TPSA) is 155 Å². The molecule has 0 N–H and O–H groups in total. The number of amides is 4. The molecular weight excluding hydrogens is 1270 g/mol. The normalized spacial score (nSPS) is 10.9. The summed E-state index contributed by atoms with van der Waals surface area (Å²) >= 11 is 0. The number of carbonyl (C=O) groups excluding carboxylic acids is 4. The molecule has 0 fully saturated rings. The molecule has 101 heavy (non-hydrogen) atoms. The molecule has 0 rings (SSSR count). The Balaban J connectivity index is -0.000000405. The largest absolute Gasteiger partial charge is 0.382 e. The van der Waals surface area contributed by atoms with Gasteiger partial charge >= 0.3 is 0 Å². The van der Waals surface area contributed by atoms with Crippen molar-refractivity contribution in [2.75, 3.05) is 160 Å². The minimum atomic E-state index is 0. The van der Waals surface area contributed by atoms with E-state index < -0.39 is 0 Å². The Morgan fingerprint density at radius 1 is 0.198 bits per heavy atom. The molecule has 0 saturated carbocycles. The van der Waals surface area contributed by atoms with Crippen molar-refractivity contribution < 1.29 is 57.1 Å². The highest BCUT2D eigenvalue weighted by molar-refractivity contribution is 5.78. The highest BCUT2D eigenvalue weighted by atomic mass is 16.5. The minimum Gasteiger partial charge on any atom is -0.382 e. The number of ether oxygens (including phenoxy) is 8. The molecule has 608 valence electrons. The van der Waals surface area contributed by atoms with Crippen LogP contribution < -0.4 is 0 Å². The Morgan fingerprint density at radius 2 is 0.327 bits per heavy atom. The van der Waals surface area contributed by atoms with Gasteiger partial charge in [0.1, 0.15) is 26.4 Å². The molecule has 0 atom stereocenters. The molecule has 0 spiro atoms. The van der Waals surface area contributed by atoms with Gasteiger partial charge in [-0.25, -0.2) is 0 Å². The van der Waals surface area contributed by atoms with E-state index in [-0.39, 0.29) is 57.5 Å². The third-order valence-electron chi connectivity index (χ3n) is 18.7. The zero-order valence-corrected chi connectivity index (χ0v) is 68.8. The molecule has 0 aromatic carbocycles. The number of rotatable bonds is 76. The zero-order valence-electron chi connectivity index (χ0n) is 68.8. The molecular formula is C85H176N4O12. The quantitative estimate of drug-likeness (QED) is 0.0532. The van der Waals surface area contributed by atoms with Crippen LogP contribution in [0.15, 0.2) is 0 Å². The minimum absolute atomic E-state index is 0. The molecule has 16 nitrogen and oxygen atoms in total. The maximum atomic E-state index is 12.1. The maximum Gasteiger partial charge on any atom is 0.248 e. The summed E-state index contributed by atoms with van der Waals surface area (Å²) in [6, 6.07) is 0. The second kappa shape index (κ2) is 95.6. The Morgan fingerprint density at radius 3 is 0.446 bits per heavy atom. The van der Waals surface area contributed by atoms with Crippen LogP contribution in [0.3, 0.4) is 0 Å². The molecule has 0 saturated heterocycles. The number of carbonyl (C=O) groups is 4. The first kappa shape index (κ1) is 107. The SMILES string of the molecule is C.CCCCCCCCCCCCCCCCN(CC)C(=O)COCCOC.CCCCCCCCCCCCCCN(CC)C(=O)COCCOC.CCCCCCCCCCCCCCN(CC)C(=O)COCCOC.CCCCCCCCCCCCN(CC)C(=O)COCCOC. The predicted octanol–water partition coefficient (Wildman–Crippen LogP) is 21.4. The van der Waals surface area contributed by atoms with Crippen LogP contribution in [0.5, 0.6) is 0 Å². The van der Waals surface area contributed by atoms with Crippen molar-refractivity contribution in [2.24, 2.45) is 0 Å². The number of hydrogen-bond acceptors (Lipinski definition) is 12. The second-order valence-electron chi connectivity index (χ2n) is 27.6. The second-order valence-corrected chi connectivity index (χ2v) is 27.6. The summed E-state index contributed by atoms with van der Waals surface area (Å²) in [6.07, 6.45) is 64.6. The molecule has 0 heterocycles. The van der Waals surface area contributed by atoms with Crippen LogP contribution in [0.1, 0.15) is 371 Å². The van der Waals surface area contributed by atoms with Crippen molar-refractivity contribution in [3.63, 3.8) is 0 Å². The highest BCUT2D eigenvalue weighted by Gasteiger charge is 2.15. The summed E-state index contributed by atoms with van der Waals surface area (Å²) in [6.45, 7) is 28.5. The van der Waals surface area contributed by atoms with Gasteiger partial charge in [0.25, 0.3) is 0 Å². The lowest BCUT2D eigenvalue weighted by Gasteiger charge is -2.20. The van der Waals surface area contributed by atoms with Gasteiger partial charge in [-0.3, -0.25) is 19.2 Å². The van der Waals surface area contributed by atoms with Crippen molar-refractivity contribution in [2.45, 2.75) is 371 Å². The molecule has 0 aromatic heterocycles. The fourth-order valence-corrected chi connectivity index (χ4v) is 12.0. The number of unbranched alkanes of at least 4 members (excludes halogenated alkanes) is 44. The molecule has 0 aromatic rings. The summed E-state index contributed by atoms with van der Waals surface area (Å²) in [4.78, 5) is 55.7. The highest BCUT2D eigenvalue weighted by Crippen LogP contribution is 2.17. The van der Waals surface area contributed by atoms with E-state index in [2.05, 4.69) is 27.7 Å². The van der Waals surface area contributed by atoms with Crippen LogP contribution in [-0.2, 0) is 57.1 Å². The fraction of sp³-hybridized carbons (Fsp3) is 0.953. The van der Waals surface area contributed by atoms with Gasteiger partial charge in [0.05, 0.1) is 52.9 Å². The summed E-state index contributed by atoms with van der Waals surface area (Å²) in [5, 5.41) is 0. The summed E-state index contributed by atoms with van der Waals surface area (Å²) in [7, 11) is 6.54. The smallest absolute Gasteiger partial charge is 0.248 e. The molecule has 0 bridgehead atoms. The lowest BCUT2D eigenvalue weighted by atomic mass is 10.0. The number of hydrogen-bond donors (Lipinski definition) is 0. The van der Waals surface area contributed by atoms with Gasteiger partial charge in [0.15, 0.2) is 0 Å². The predicted molar refractivity (Wildman–Crippen MR) is 431 cm³/mol. The maximum absolute atomic E-state index is 12.1. The lowest BCUT2D eigenvalue weighted by Crippen LogP contribution is -2.35. The standard InChI is InChI=1S/C23H47NO3.2C21H43NO3.C19H39NO3.CH4/c1-4-6-7-8-9-10-11-12-13-14-15-16-17-18-19-24(5-2)23(25)22-27-21-20-26-3;2*1-4-6-7-8-9-10-11-12-13-14-15-16-17-22(5-2)21(23)20-25-19-18-24-3;1-4-6-7-8-9-10-11-12-13-14-15-20(5-2)19(21)18-23-17-16-22-3;/h4-22H2,1-3H3;2*4-20H2,1-3H3;4-18H2,1-3H3;1H4. The third kappa shape index (κ3) is 86.4. The van der Waals surface area contributed by atoms with E-state index in [0.29, 0.717) is 52.9 Å². The van der Waals surface area contributed by atoms with Crippen LogP contribution in [-0.4, -0.2) is 203 Å². The number of likely N-dealkylation sites (N-methyl/N-ethyl adjacent to an activating group) is 4. The van der Waals surface area contributed by atoms with E-state index >= 15 is 0 Å². The molecule has 4 amide bonds. The van der Waals surface area contributed by atoms with Crippen LogP contribution >= 0.6 is 0 Å². The first-order valence-electron chi connectivity index (χ1n) is 42.4. The van der Waals surface area contributed by atoms with E-state index in [1.807, 2.05) is 47.3 Å². The molecule has 0 radical (unpaired) electrons. The van der Waals surface area contributed by atoms with E-state index in [9.17, 15) is 19.2 Å². The van der Waals surface area contributed by atoms with Gasteiger partial charge in [-0.15, -0.1) is 0 Å². The Kier molecular flexibility index (Phi) is 101. The summed E-state index contributed by atoms with van der Waals surface area (Å²) in [5.41, 5.74) is 0. The molecule has 16 heteroatoms. The fourth-order valence-electron chi connectivity index (χ4n) is 12.0. The van der Waals surface area contributed by atoms with Crippen LogP contribution in [0.25, 0.3) is 0 Å². The Labute approximate surface area is 628 Å². The van der Waals surface area contributed by atoms with E-state index in [4.69, 9.17) is 37.9 Å². The summed E-state index contributed by atoms with van der Waals surface area (Å²) in [5.74, 6) is 0.395. The van der Waals surface area contributed by atoms with Crippen molar-refractivity contribution in [1.82, 2.24) is 19.6 Å². The van der Waals surface area contributed by atoms with Crippen molar-refractivity contribution in [3.05, 3.63) is 0 Å². The van der Waals surface area contributed by atoms with Crippen molar-refractivity contribution in [1.29, 1.82) is 0 Å². The van der Waals surface area contributed by atoms with Crippen LogP contribution in [0.4, 0.5) is 0 Å². The van der Waals surface area contributed by atoms with Crippen LogP contribution in [0, 0.1) is 0 Å². The number of methoxy groups -OCH3 is 4. The van der Waals surface area contributed by atoms with E-state index in [0.717, 1.165) is 78.0 Å². The van der Waals surface area contributed by atoms with Gasteiger partial charge in [-0.2, -0.15) is 0 Å². The van der Waals surface area contributed by atoms with E-state index in [1.54, 1.807) is 28.4 Å². The monoisotopic (exact) mass is 1450 g/mol. The number of nitrogens with zero attached hydrogens (tertiary/aromatic N) is 4. The van der Waals surface area contributed by atoms with E-state index in [1.165, 1.54) is 283 Å². The third-order valence-corrected chi connectivity index (χ3v) is 18.7. The van der Waals surface area contributed by atoms with Gasteiger partial charge < -0.3 is 57.5 Å². The average Bonchev–Trinajstić information content (AvgIpc) is 1.22. The van der Waals surface area contributed by atoms with Gasteiger partial charge in [-0.05, 0) is 53.4 Å². The van der Waals surface area contributed by atoms with Gasteiger partial charge in [-0.1, -0.05) is 318 Å². The Bertz CT molecular complexity index is 1530. The van der Waals surface area contributed by atoms with Crippen molar-refractivity contribution in [3.8, 4) is 0 Å². The van der Waals surface area contributed by atoms with Gasteiger partial charge in [0, 0.05) is 80.8 Å². The lowest BCUT2D eigenvalue weighted by molar-refractivity contribution is -0.137. The van der Waals surface area contributed by atoms with Crippen molar-refractivity contribution >= 4 is 23.6 Å². The first-order valence-corrected chi connectivity index (χ1v) is 42.4. The molecule has 0 aliphatic carbocycles. The zero-order chi connectivity index (χ0) is 74.4. The summed E-state index contributed by atoms with van der Waals surface area (Å²) < 4.78 is 40.9. The molecule has 0 aliphatic heterocycles. The molecule has 0 unspecified atom stereocenters. The van der Waals surface area contributed by atoms with Gasteiger partial charge in [0.2, 0.25) is 23.6 Å². The average molecular weight is 1450 g/mol. The Hall–Kier alpha value is -2.44. The first-order chi connectivity index (χ1) is 49.0. The molecule has 0 aliphatic rings. The van der Waals surface area contributed by atoms with Crippen LogP contribution in [0.2, 0.25) is 0 Å².